The van der Waals surface area contributed by atoms with Crippen molar-refractivity contribution < 1.29 is 14.4 Å². The molecule has 2 fully saturated rings. The van der Waals surface area contributed by atoms with Crippen molar-refractivity contribution in [2.75, 3.05) is 0 Å². The maximum atomic E-state index is 12.5. The third-order valence-corrected chi connectivity index (χ3v) is 5.10. The largest absolute Gasteiger partial charge is 0.325 e. The molecule has 2 heterocycles. The number of hydrogen-bond donors (Lipinski definition) is 3. The number of nitrogens with two attached hydrogens (primary N) is 1. The number of thiophene rings is 1. The standard InChI is InChI=1S/C13H16N4O3S/c14-16-10(18)9-4-3-8(21-9)7-17-11(19)13(15-12(17)20)5-1-2-6-13/h3-4H,1-2,5-7,14H2,(H,15,20)(H,16,18). The number of amides is 4. The van der Waals surface area contributed by atoms with Crippen molar-refractivity contribution in [2.45, 2.75) is 37.8 Å². The zero-order chi connectivity index (χ0) is 15.0. The Hall–Kier alpha value is -1.93. The molecule has 0 radical (unpaired) electrons. The van der Waals surface area contributed by atoms with Gasteiger partial charge in [0.25, 0.3) is 11.8 Å². The third-order valence-electron chi connectivity index (χ3n) is 4.03. The summed E-state index contributed by atoms with van der Waals surface area (Å²) in [5, 5.41) is 2.83. The van der Waals surface area contributed by atoms with Gasteiger partial charge in [-0.25, -0.2) is 10.6 Å². The van der Waals surface area contributed by atoms with Gasteiger partial charge in [-0.1, -0.05) is 12.8 Å². The quantitative estimate of drug-likeness (QED) is 0.331. The van der Waals surface area contributed by atoms with E-state index >= 15 is 0 Å². The van der Waals surface area contributed by atoms with E-state index in [-0.39, 0.29) is 24.4 Å². The molecule has 8 heteroatoms. The highest BCUT2D eigenvalue weighted by atomic mass is 32.1. The summed E-state index contributed by atoms with van der Waals surface area (Å²) in [6, 6.07) is 3.02. The number of nitrogens with one attached hydrogen (secondary N) is 2. The van der Waals surface area contributed by atoms with Crippen LogP contribution in [0.5, 0.6) is 0 Å². The Bertz CT molecular complexity index is 606. The summed E-state index contributed by atoms with van der Waals surface area (Å²) in [5.74, 6) is 4.55. The second-order valence-electron chi connectivity index (χ2n) is 5.35. The molecule has 1 aromatic rings. The van der Waals surface area contributed by atoms with Gasteiger partial charge < -0.3 is 5.32 Å². The van der Waals surface area contributed by atoms with Gasteiger partial charge in [0.05, 0.1) is 11.4 Å². The van der Waals surface area contributed by atoms with Crippen molar-refractivity contribution >= 4 is 29.2 Å². The van der Waals surface area contributed by atoms with E-state index < -0.39 is 5.54 Å². The Morgan fingerprint density at radius 1 is 1.38 bits per heavy atom. The number of carbonyl (C=O) groups is 3. The van der Waals surface area contributed by atoms with Gasteiger partial charge >= 0.3 is 6.03 Å². The molecule has 2 aliphatic rings. The van der Waals surface area contributed by atoms with Crippen LogP contribution in [0.3, 0.4) is 0 Å². The van der Waals surface area contributed by atoms with Crippen LogP contribution in [-0.2, 0) is 11.3 Å². The van der Waals surface area contributed by atoms with E-state index in [1.807, 2.05) is 0 Å². The van der Waals surface area contributed by atoms with Crippen molar-refractivity contribution in [1.82, 2.24) is 15.6 Å². The zero-order valence-corrected chi connectivity index (χ0v) is 12.2. The summed E-state index contributed by atoms with van der Waals surface area (Å²) in [4.78, 5) is 38.4. The Morgan fingerprint density at radius 3 is 2.76 bits per heavy atom. The van der Waals surface area contributed by atoms with Gasteiger partial charge in [0.15, 0.2) is 0 Å². The first-order valence-electron chi connectivity index (χ1n) is 6.79. The minimum Gasteiger partial charge on any atom is -0.323 e. The lowest BCUT2D eigenvalue weighted by Crippen LogP contribution is -2.44. The minimum absolute atomic E-state index is 0.150. The second kappa shape index (κ2) is 5.12. The molecule has 0 aromatic carbocycles. The van der Waals surface area contributed by atoms with Gasteiger partial charge in [-0.2, -0.15) is 0 Å². The molecule has 21 heavy (non-hydrogen) atoms. The first-order valence-corrected chi connectivity index (χ1v) is 7.61. The molecule has 1 saturated heterocycles. The van der Waals surface area contributed by atoms with Gasteiger partial charge in [-0.15, -0.1) is 11.3 Å². The highest BCUT2D eigenvalue weighted by Crippen LogP contribution is 2.35. The van der Waals surface area contributed by atoms with Crippen molar-refractivity contribution in [3.05, 3.63) is 21.9 Å². The molecule has 3 rings (SSSR count). The first kappa shape index (κ1) is 14.0. The molecule has 0 unspecified atom stereocenters. The third kappa shape index (κ3) is 2.30. The topological polar surface area (TPSA) is 105 Å². The van der Waals surface area contributed by atoms with Crippen LogP contribution < -0.4 is 16.6 Å². The first-order chi connectivity index (χ1) is 10.1. The van der Waals surface area contributed by atoms with E-state index in [0.717, 1.165) is 17.7 Å². The lowest BCUT2D eigenvalue weighted by molar-refractivity contribution is -0.131. The molecule has 0 atom stereocenters. The number of nitrogen functional groups attached to an aromatic ring is 1. The molecular formula is C13H16N4O3S. The van der Waals surface area contributed by atoms with Crippen LogP contribution in [0.15, 0.2) is 12.1 Å². The normalized spacial score (nSPS) is 20.1. The number of nitrogens with zero attached hydrogens (tertiary/aromatic N) is 1. The maximum absolute atomic E-state index is 12.5. The van der Waals surface area contributed by atoms with Crippen LogP contribution in [0.2, 0.25) is 0 Å². The van der Waals surface area contributed by atoms with Crippen molar-refractivity contribution in [2.24, 2.45) is 5.84 Å². The van der Waals surface area contributed by atoms with Crippen molar-refractivity contribution in [3.8, 4) is 0 Å². The number of carbonyl (C=O) groups excluding carboxylic acids is 3. The van der Waals surface area contributed by atoms with E-state index in [1.54, 1.807) is 12.1 Å². The fraction of sp³-hybridized carbons (Fsp3) is 0.462. The Morgan fingerprint density at radius 2 is 2.10 bits per heavy atom. The monoisotopic (exact) mass is 308 g/mol. The molecular weight excluding hydrogens is 292 g/mol. The van der Waals surface area contributed by atoms with Gasteiger partial charge in [-0.05, 0) is 25.0 Å². The summed E-state index contributed by atoms with van der Waals surface area (Å²) in [5.41, 5.74) is 1.37. The lowest BCUT2D eigenvalue weighted by atomic mass is 9.98. The summed E-state index contributed by atoms with van der Waals surface area (Å²) >= 11 is 1.22. The average molecular weight is 308 g/mol. The molecule has 1 spiro atoms. The maximum Gasteiger partial charge on any atom is 0.325 e. The van der Waals surface area contributed by atoms with Crippen molar-refractivity contribution in [1.29, 1.82) is 0 Å². The summed E-state index contributed by atoms with van der Waals surface area (Å²) in [6.45, 7) is 0.189. The average Bonchev–Trinajstić information content (AvgIpc) is 3.17. The highest BCUT2D eigenvalue weighted by Gasteiger charge is 2.52. The van der Waals surface area contributed by atoms with Crippen LogP contribution in [0.4, 0.5) is 4.79 Å². The summed E-state index contributed by atoms with van der Waals surface area (Å²) in [7, 11) is 0. The summed E-state index contributed by atoms with van der Waals surface area (Å²) < 4.78 is 0. The molecule has 1 aromatic heterocycles. The van der Waals surface area contributed by atoms with E-state index in [2.05, 4.69) is 10.7 Å². The SMILES string of the molecule is NNC(=O)c1ccc(CN2C(=O)NC3(CCCC3)C2=O)s1. The number of hydrogen-bond acceptors (Lipinski definition) is 5. The van der Waals surface area contributed by atoms with Crippen LogP contribution in [0.1, 0.15) is 40.2 Å². The van der Waals surface area contributed by atoms with E-state index in [4.69, 9.17) is 5.84 Å². The molecule has 1 aliphatic heterocycles. The number of imide groups is 1. The van der Waals surface area contributed by atoms with Gasteiger partial charge in [0.2, 0.25) is 0 Å². The van der Waals surface area contributed by atoms with Gasteiger partial charge in [-0.3, -0.25) is 19.9 Å². The van der Waals surface area contributed by atoms with Crippen LogP contribution in [-0.4, -0.2) is 28.3 Å². The van der Waals surface area contributed by atoms with E-state index in [1.165, 1.54) is 16.2 Å². The van der Waals surface area contributed by atoms with Crippen LogP contribution in [0.25, 0.3) is 0 Å². The fourth-order valence-corrected chi connectivity index (χ4v) is 3.85. The fourth-order valence-electron chi connectivity index (χ4n) is 2.95. The number of hydrazine groups is 1. The second-order valence-corrected chi connectivity index (χ2v) is 6.52. The van der Waals surface area contributed by atoms with Gasteiger partial charge in [0, 0.05) is 4.88 Å². The summed E-state index contributed by atoms with van der Waals surface area (Å²) in [6.07, 6.45) is 3.33. The Labute approximate surface area is 125 Å². The van der Waals surface area contributed by atoms with Crippen LogP contribution in [0, 0.1) is 0 Å². The zero-order valence-electron chi connectivity index (χ0n) is 11.3. The highest BCUT2D eigenvalue weighted by molar-refractivity contribution is 7.14. The molecule has 0 bridgehead atoms. The van der Waals surface area contributed by atoms with E-state index in [0.29, 0.717) is 17.7 Å². The molecule has 1 aliphatic carbocycles. The van der Waals surface area contributed by atoms with Crippen LogP contribution >= 0.6 is 11.3 Å². The Balaban J connectivity index is 1.76. The van der Waals surface area contributed by atoms with Gasteiger partial charge in [0.1, 0.15) is 5.54 Å². The smallest absolute Gasteiger partial charge is 0.323 e. The predicted octanol–water partition coefficient (Wildman–Crippen LogP) is 0.716. The van der Waals surface area contributed by atoms with E-state index in [9.17, 15) is 14.4 Å². The Kier molecular flexibility index (Phi) is 3.42. The van der Waals surface area contributed by atoms with Crippen molar-refractivity contribution in [3.63, 3.8) is 0 Å². The molecule has 7 nitrogen and oxygen atoms in total. The molecule has 4 N–H and O–H groups in total. The lowest BCUT2D eigenvalue weighted by Gasteiger charge is -2.19. The number of urea groups is 1. The predicted molar refractivity (Wildman–Crippen MR) is 76.3 cm³/mol. The molecule has 112 valence electrons. The molecule has 4 amide bonds. The molecule has 1 saturated carbocycles. The number of rotatable bonds is 3. The minimum atomic E-state index is -0.689.